The van der Waals surface area contributed by atoms with Crippen molar-refractivity contribution >= 4 is 83.6 Å². The molecule has 1 aliphatic heterocycles. The molecule has 0 amide bonds. The fraction of sp³-hybridized carbons (Fsp3) is 0.429. The van der Waals surface area contributed by atoms with Crippen molar-refractivity contribution in [3.8, 4) is 5.75 Å². The van der Waals surface area contributed by atoms with Gasteiger partial charge in [-0.15, -0.1) is 0 Å². The van der Waals surface area contributed by atoms with Crippen molar-refractivity contribution in [3.05, 3.63) is 22.8 Å². The van der Waals surface area contributed by atoms with E-state index in [-0.39, 0.29) is 0 Å². The highest BCUT2D eigenvalue weighted by Crippen LogP contribution is 2.43. The number of aromatic amines is 1. The van der Waals surface area contributed by atoms with Gasteiger partial charge >= 0.3 is 0 Å². The summed E-state index contributed by atoms with van der Waals surface area (Å²) < 4.78 is 13.7. The average Bonchev–Trinajstić information content (AvgIpc) is 3.02. The molecule has 3 rings (SSSR count). The molecule has 1 aliphatic rings. The van der Waals surface area contributed by atoms with Crippen LogP contribution in [0.25, 0.3) is 10.9 Å². The van der Waals surface area contributed by atoms with Crippen LogP contribution in [0, 0.1) is 7.14 Å². The second-order valence-corrected chi connectivity index (χ2v) is 8.80. The molecular formula is C14H13BrClI2NO6. The van der Waals surface area contributed by atoms with Gasteiger partial charge in [0.15, 0.2) is 0 Å². The molecule has 0 spiro atoms. The van der Waals surface area contributed by atoms with E-state index < -0.39 is 37.3 Å². The zero-order valence-corrected chi connectivity index (χ0v) is 18.9. The summed E-state index contributed by atoms with van der Waals surface area (Å²) in [6.07, 6.45) is -5.19. The van der Waals surface area contributed by atoms with E-state index in [9.17, 15) is 20.4 Å². The van der Waals surface area contributed by atoms with Gasteiger partial charge in [0.25, 0.3) is 0 Å². The van der Waals surface area contributed by atoms with Crippen LogP contribution in [0.5, 0.6) is 5.75 Å². The number of hydrogen-bond acceptors (Lipinski definition) is 6. The molecule has 1 aromatic carbocycles. The minimum Gasteiger partial charge on any atom is -0.460 e. The van der Waals surface area contributed by atoms with Crippen molar-refractivity contribution in [2.45, 2.75) is 30.7 Å². The normalized spacial score (nSPS) is 30.0. The molecule has 11 heteroatoms. The highest BCUT2D eigenvalue weighted by molar-refractivity contribution is 14.1. The van der Waals surface area contributed by atoms with Crippen molar-refractivity contribution in [2.75, 3.05) is 6.61 Å². The highest BCUT2D eigenvalue weighted by atomic mass is 127. The molecule has 138 valence electrons. The number of hydrogen-bond donors (Lipinski definition) is 5. The van der Waals surface area contributed by atoms with Crippen LogP contribution in [0.2, 0.25) is 5.02 Å². The van der Waals surface area contributed by atoms with Crippen LogP contribution < -0.4 is 4.74 Å². The average molecular weight is 660 g/mol. The van der Waals surface area contributed by atoms with E-state index >= 15 is 0 Å². The summed E-state index contributed by atoms with van der Waals surface area (Å²) in [6, 6.07) is 0. The Morgan fingerprint density at radius 1 is 1.20 bits per heavy atom. The zero-order chi connectivity index (χ0) is 18.5. The number of benzene rings is 1. The molecular weight excluding hydrogens is 647 g/mol. The van der Waals surface area contributed by atoms with Crippen molar-refractivity contribution in [3.63, 3.8) is 0 Å². The Morgan fingerprint density at radius 3 is 2.52 bits per heavy atom. The summed E-state index contributed by atoms with van der Waals surface area (Å²) in [6.45, 7) is -0.527. The summed E-state index contributed by atoms with van der Waals surface area (Å²) in [5, 5.41) is 40.1. The van der Waals surface area contributed by atoms with Crippen LogP contribution in [-0.4, -0.2) is 62.7 Å². The van der Waals surface area contributed by atoms with Crippen molar-refractivity contribution in [1.82, 2.24) is 4.98 Å². The minimum absolute atomic E-state index is 0.319. The van der Waals surface area contributed by atoms with E-state index in [1.807, 2.05) is 0 Å². The minimum atomic E-state index is -1.51. The predicted octanol–water partition coefficient (Wildman–Crippen LogP) is 1.97. The van der Waals surface area contributed by atoms with Gasteiger partial charge in [0.05, 0.1) is 30.6 Å². The molecule has 0 unspecified atom stereocenters. The molecule has 5 atom stereocenters. The zero-order valence-electron chi connectivity index (χ0n) is 12.3. The number of halogens is 4. The second kappa shape index (κ2) is 7.91. The van der Waals surface area contributed by atoms with Gasteiger partial charge in [-0.1, -0.05) is 11.6 Å². The summed E-state index contributed by atoms with van der Waals surface area (Å²) in [5.41, 5.74) is 0.762. The summed E-state index contributed by atoms with van der Waals surface area (Å²) >= 11 is 14.2. The van der Waals surface area contributed by atoms with E-state index in [1.54, 1.807) is 6.20 Å². The number of ether oxygens (including phenoxy) is 2. The smallest absolute Gasteiger partial charge is 0.229 e. The van der Waals surface area contributed by atoms with E-state index in [0.717, 1.165) is 12.7 Å². The van der Waals surface area contributed by atoms with Crippen LogP contribution in [0.1, 0.15) is 0 Å². The maximum absolute atomic E-state index is 10.1. The SMILES string of the molecule is OC[C@H]1O[C@@H](Oc2c[nH]c3c(I)c(I)c(Br)c(Cl)c23)[C@H](O)[C@@H](O)[C@H]1O. The van der Waals surface area contributed by atoms with Gasteiger partial charge in [0.2, 0.25) is 6.29 Å². The van der Waals surface area contributed by atoms with E-state index in [4.69, 9.17) is 21.1 Å². The van der Waals surface area contributed by atoms with E-state index in [0.29, 0.717) is 20.6 Å². The van der Waals surface area contributed by atoms with Crippen molar-refractivity contribution in [1.29, 1.82) is 0 Å². The predicted molar refractivity (Wildman–Crippen MR) is 111 cm³/mol. The Bertz CT molecular complexity index is 803. The highest BCUT2D eigenvalue weighted by Gasteiger charge is 2.45. The standard InChI is InChI=1S/C14H13BrClI2NO6/c15-6-7(16)5-3(1-19-10(5)9(18)8(6)17)24-14-13(23)12(22)11(21)4(2-20)25-14/h1,4,11-14,19-23H,2H2/t4-,11+,12+,13-,14-/m1/s1. The number of rotatable bonds is 3. The fourth-order valence-electron chi connectivity index (χ4n) is 2.59. The maximum atomic E-state index is 10.1. The largest absolute Gasteiger partial charge is 0.460 e. The Kier molecular flexibility index (Phi) is 6.43. The van der Waals surface area contributed by atoms with E-state index in [2.05, 4.69) is 66.1 Å². The first kappa shape index (κ1) is 20.3. The van der Waals surface area contributed by atoms with Gasteiger partial charge in [-0.3, -0.25) is 0 Å². The van der Waals surface area contributed by atoms with Crippen LogP contribution in [0.3, 0.4) is 0 Å². The van der Waals surface area contributed by atoms with E-state index in [1.165, 1.54) is 0 Å². The Balaban J connectivity index is 1.98. The van der Waals surface area contributed by atoms with Gasteiger partial charge in [0, 0.05) is 9.77 Å². The topological polar surface area (TPSA) is 115 Å². The monoisotopic (exact) mass is 659 g/mol. The molecule has 1 fully saturated rings. The maximum Gasteiger partial charge on any atom is 0.229 e. The molecule has 25 heavy (non-hydrogen) atoms. The number of aromatic nitrogens is 1. The number of nitrogens with one attached hydrogen (secondary N) is 1. The molecule has 0 aliphatic carbocycles. The van der Waals surface area contributed by atoms with Crippen LogP contribution >= 0.6 is 72.7 Å². The first-order valence-corrected chi connectivity index (χ1v) is 10.4. The molecule has 0 saturated carbocycles. The van der Waals surface area contributed by atoms with Gasteiger partial charge in [-0.25, -0.2) is 0 Å². The molecule has 2 heterocycles. The Hall–Kier alpha value is 0.590. The van der Waals surface area contributed by atoms with Gasteiger partial charge in [0.1, 0.15) is 30.2 Å². The molecule has 0 bridgehead atoms. The van der Waals surface area contributed by atoms with Crippen molar-refractivity contribution in [2.24, 2.45) is 0 Å². The fourth-order valence-corrected chi connectivity index (χ4v) is 5.03. The number of aliphatic hydroxyl groups excluding tert-OH is 4. The summed E-state index contributed by atoms with van der Waals surface area (Å²) in [4.78, 5) is 3.07. The molecule has 7 nitrogen and oxygen atoms in total. The Labute approximate surface area is 183 Å². The third-order valence-electron chi connectivity index (χ3n) is 3.95. The summed E-state index contributed by atoms with van der Waals surface area (Å²) in [5.74, 6) is 0.319. The van der Waals surface area contributed by atoms with Crippen LogP contribution in [-0.2, 0) is 4.74 Å². The lowest BCUT2D eigenvalue weighted by Gasteiger charge is -2.39. The number of fused-ring (bicyclic) bond motifs is 1. The Morgan fingerprint density at radius 2 is 1.88 bits per heavy atom. The van der Waals surface area contributed by atoms with Crippen LogP contribution in [0.15, 0.2) is 10.7 Å². The molecule has 0 radical (unpaired) electrons. The van der Waals surface area contributed by atoms with Gasteiger partial charge in [-0.2, -0.15) is 0 Å². The summed E-state index contributed by atoms with van der Waals surface area (Å²) in [7, 11) is 0. The molecule has 5 N–H and O–H groups in total. The lowest BCUT2D eigenvalue weighted by atomic mass is 9.99. The molecule has 1 saturated heterocycles. The number of H-pyrrole nitrogens is 1. The molecule has 2 aromatic rings. The van der Waals surface area contributed by atoms with Crippen LogP contribution in [0.4, 0.5) is 0 Å². The van der Waals surface area contributed by atoms with Gasteiger partial charge < -0.3 is 34.9 Å². The third kappa shape index (κ3) is 3.53. The molecule has 1 aromatic heterocycles. The van der Waals surface area contributed by atoms with Crippen molar-refractivity contribution < 1.29 is 29.9 Å². The second-order valence-electron chi connectivity index (χ2n) is 5.47. The number of aliphatic hydroxyl groups is 4. The quantitative estimate of drug-likeness (QED) is 0.196. The lowest BCUT2D eigenvalue weighted by Crippen LogP contribution is -2.60. The third-order valence-corrected chi connectivity index (χ3v) is 9.28. The van der Waals surface area contributed by atoms with Gasteiger partial charge in [-0.05, 0) is 61.1 Å². The first-order valence-electron chi connectivity index (χ1n) is 7.08. The first-order chi connectivity index (χ1) is 11.8. The lowest BCUT2D eigenvalue weighted by molar-refractivity contribution is -0.277.